The second kappa shape index (κ2) is 7.98. The number of non-ortho nitro benzene ring substituents is 1. The number of nitrogens with two attached hydrogens (primary N) is 1. The van der Waals surface area contributed by atoms with Gasteiger partial charge in [0.15, 0.2) is 0 Å². The molecule has 0 bridgehead atoms. The molecule has 0 aliphatic carbocycles. The van der Waals surface area contributed by atoms with Crippen LogP contribution in [-0.4, -0.2) is 17.2 Å². The van der Waals surface area contributed by atoms with E-state index in [-0.39, 0.29) is 18.7 Å². The van der Waals surface area contributed by atoms with Gasteiger partial charge in [0.25, 0.3) is 5.69 Å². The van der Waals surface area contributed by atoms with Gasteiger partial charge in [-0.15, -0.1) is 0 Å². The molecule has 2 rings (SSSR count). The maximum atomic E-state index is 12.0. The van der Waals surface area contributed by atoms with Gasteiger partial charge >= 0.3 is 5.97 Å². The Hall–Kier alpha value is -3.06. The van der Waals surface area contributed by atoms with Crippen molar-refractivity contribution in [2.24, 2.45) is 5.73 Å². The lowest BCUT2D eigenvalue weighted by molar-refractivity contribution is -0.384. The first kappa shape index (κ1) is 17.3. The molecule has 0 aliphatic heterocycles. The maximum Gasteiger partial charge on any atom is 0.327 e. The average molecular weight is 328 g/mol. The molecule has 0 spiro atoms. The van der Waals surface area contributed by atoms with Gasteiger partial charge in [-0.05, 0) is 28.8 Å². The van der Waals surface area contributed by atoms with Gasteiger partial charge in [-0.3, -0.25) is 10.1 Å². The van der Waals surface area contributed by atoms with Gasteiger partial charge in [0.2, 0.25) is 0 Å². The lowest BCUT2D eigenvalue weighted by atomic mass is 10.0. The van der Waals surface area contributed by atoms with Crippen LogP contribution in [0.3, 0.4) is 0 Å². The second-order valence-electron chi connectivity index (χ2n) is 5.12. The van der Waals surface area contributed by atoms with Crippen molar-refractivity contribution in [1.82, 2.24) is 0 Å². The summed E-state index contributed by atoms with van der Waals surface area (Å²) >= 11 is 0. The molecule has 7 nitrogen and oxygen atoms in total. The maximum absolute atomic E-state index is 12.0. The Bertz CT molecular complexity index is 743. The minimum absolute atomic E-state index is 0.0292. The number of hydrogen-bond donors (Lipinski definition) is 1. The Kier molecular flexibility index (Phi) is 5.75. The molecule has 0 heterocycles. The number of aldehydes is 1. The van der Waals surface area contributed by atoms with E-state index in [4.69, 9.17) is 10.5 Å². The van der Waals surface area contributed by atoms with Gasteiger partial charge in [-0.2, -0.15) is 0 Å². The van der Waals surface area contributed by atoms with Crippen LogP contribution in [0.15, 0.2) is 48.5 Å². The summed E-state index contributed by atoms with van der Waals surface area (Å²) in [6.45, 7) is -0.0292. The van der Waals surface area contributed by atoms with Crippen molar-refractivity contribution >= 4 is 17.9 Å². The molecular formula is C17H16N2O5. The summed E-state index contributed by atoms with van der Waals surface area (Å²) in [5.74, 6) is -0.614. The summed E-state index contributed by atoms with van der Waals surface area (Å²) < 4.78 is 5.14. The van der Waals surface area contributed by atoms with Gasteiger partial charge < -0.3 is 15.3 Å². The molecule has 0 aliphatic rings. The summed E-state index contributed by atoms with van der Waals surface area (Å²) in [5, 5.41) is 10.6. The topological polar surface area (TPSA) is 113 Å². The van der Waals surface area contributed by atoms with E-state index in [0.717, 1.165) is 11.8 Å². The molecule has 2 aromatic rings. The Balaban J connectivity index is 1.97. The monoisotopic (exact) mass is 328 g/mol. The SMILES string of the molecule is NC(C(=O)OCc1ccc([N+](=O)[O-])cc1)c1cccc(CC=O)c1. The lowest BCUT2D eigenvalue weighted by Crippen LogP contribution is -2.23. The van der Waals surface area contributed by atoms with Crippen molar-refractivity contribution in [2.75, 3.05) is 0 Å². The van der Waals surface area contributed by atoms with E-state index in [1.54, 1.807) is 24.3 Å². The van der Waals surface area contributed by atoms with Crippen LogP contribution in [-0.2, 0) is 27.4 Å². The molecular weight excluding hydrogens is 312 g/mol. The van der Waals surface area contributed by atoms with E-state index in [0.29, 0.717) is 11.1 Å². The predicted molar refractivity (Wildman–Crippen MR) is 86.0 cm³/mol. The highest BCUT2D eigenvalue weighted by molar-refractivity contribution is 5.77. The van der Waals surface area contributed by atoms with E-state index in [2.05, 4.69) is 0 Å². The van der Waals surface area contributed by atoms with Crippen LogP contribution in [0.25, 0.3) is 0 Å². The quantitative estimate of drug-likeness (QED) is 0.360. The number of benzene rings is 2. The fourth-order valence-electron chi connectivity index (χ4n) is 2.10. The van der Waals surface area contributed by atoms with Crippen molar-refractivity contribution in [1.29, 1.82) is 0 Å². The molecule has 0 amide bonds. The number of rotatable bonds is 7. The smallest absolute Gasteiger partial charge is 0.327 e. The molecule has 24 heavy (non-hydrogen) atoms. The fraction of sp³-hybridized carbons (Fsp3) is 0.176. The van der Waals surface area contributed by atoms with Crippen molar-refractivity contribution in [3.8, 4) is 0 Å². The molecule has 7 heteroatoms. The third-order valence-corrected chi connectivity index (χ3v) is 3.41. The van der Waals surface area contributed by atoms with E-state index < -0.39 is 16.9 Å². The zero-order chi connectivity index (χ0) is 17.5. The third kappa shape index (κ3) is 4.47. The van der Waals surface area contributed by atoms with Crippen LogP contribution in [0.1, 0.15) is 22.7 Å². The van der Waals surface area contributed by atoms with Crippen molar-refractivity contribution in [3.63, 3.8) is 0 Å². The molecule has 124 valence electrons. The lowest BCUT2D eigenvalue weighted by Gasteiger charge is -2.12. The van der Waals surface area contributed by atoms with Crippen LogP contribution in [0, 0.1) is 10.1 Å². The van der Waals surface area contributed by atoms with E-state index in [9.17, 15) is 19.7 Å². The number of hydrogen-bond acceptors (Lipinski definition) is 6. The molecule has 0 saturated carbocycles. The van der Waals surface area contributed by atoms with Gasteiger partial charge in [0, 0.05) is 18.6 Å². The van der Waals surface area contributed by atoms with Crippen molar-refractivity contribution in [3.05, 3.63) is 75.3 Å². The minimum Gasteiger partial charge on any atom is -0.459 e. The Morgan fingerprint density at radius 3 is 2.54 bits per heavy atom. The van der Waals surface area contributed by atoms with E-state index in [1.165, 1.54) is 24.3 Å². The molecule has 0 aromatic heterocycles. The van der Waals surface area contributed by atoms with Gasteiger partial charge in [-0.25, -0.2) is 4.79 Å². The Morgan fingerprint density at radius 2 is 1.92 bits per heavy atom. The van der Waals surface area contributed by atoms with Crippen LogP contribution in [0.4, 0.5) is 5.69 Å². The number of carbonyl (C=O) groups is 2. The number of esters is 1. The van der Waals surface area contributed by atoms with Crippen LogP contribution >= 0.6 is 0 Å². The normalized spacial score (nSPS) is 11.5. The number of nitrogens with zero attached hydrogens (tertiary/aromatic N) is 1. The molecule has 0 saturated heterocycles. The third-order valence-electron chi connectivity index (χ3n) is 3.41. The molecule has 1 atom stereocenters. The van der Waals surface area contributed by atoms with Crippen LogP contribution in [0.2, 0.25) is 0 Å². The number of ether oxygens (including phenoxy) is 1. The van der Waals surface area contributed by atoms with Crippen molar-refractivity contribution in [2.45, 2.75) is 19.1 Å². The number of carbonyl (C=O) groups excluding carboxylic acids is 2. The summed E-state index contributed by atoms with van der Waals surface area (Å²) in [6, 6.07) is 11.6. The van der Waals surface area contributed by atoms with E-state index >= 15 is 0 Å². The first-order valence-corrected chi connectivity index (χ1v) is 7.19. The molecule has 2 aromatic carbocycles. The zero-order valence-corrected chi connectivity index (χ0v) is 12.8. The highest BCUT2D eigenvalue weighted by atomic mass is 16.6. The molecule has 1 unspecified atom stereocenters. The van der Waals surface area contributed by atoms with Gasteiger partial charge in [0.05, 0.1) is 4.92 Å². The highest BCUT2D eigenvalue weighted by Crippen LogP contribution is 2.16. The van der Waals surface area contributed by atoms with Crippen LogP contribution < -0.4 is 5.73 Å². The van der Waals surface area contributed by atoms with Crippen LogP contribution in [0.5, 0.6) is 0 Å². The Labute approximate surface area is 138 Å². The van der Waals surface area contributed by atoms with Crippen molar-refractivity contribution < 1.29 is 19.2 Å². The second-order valence-corrected chi connectivity index (χ2v) is 5.12. The molecule has 2 N–H and O–H groups in total. The molecule has 0 fully saturated rings. The van der Waals surface area contributed by atoms with Gasteiger partial charge in [-0.1, -0.05) is 24.3 Å². The number of nitro benzene ring substituents is 1. The standard InChI is InChI=1S/C17H16N2O5/c18-16(14-3-1-2-12(10-14)8-9-20)17(21)24-11-13-4-6-15(7-5-13)19(22)23/h1-7,9-10,16H,8,11,18H2. The Morgan fingerprint density at radius 1 is 1.21 bits per heavy atom. The summed E-state index contributed by atoms with van der Waals surface area (Å²) in [7, 11) is 0. The number of nitro groups is 1. The summed E-state index contributed by atoms with van der Waals surface area (Å²) in [5.41, 5.74) is 7.79. The molecule has 0 radical (unpaired) electrons. The summed E-state index contributed by atoms with van der Waals surface area (Å²) in [4.78, 5) is 32.7. The zero-order valence-electron chi connectivity index (χ0n) is 12.8. The highest BCUT2D eigenvalue weighted by Gasteiger charge is 2.18. The first-order valence-electron chi connectivity index (χ1n) is 7.19. The largest absolute Gasteiger partial charge is 0.459 e. The predicted octanol–water partition coefficient (Wildman–Crippen LogP) is 2.08. The van der Waals surface area contributed by atoms with E-state index in [1.807, 2.05) is 0 Å². The van der Waals surface area contributed by atoms with Gasteiger partial charge in [0.1, 0.15) is 18.9 Å². The average Bonchev–Trinajstić information content (AvgIpc) is 2.60. The fourth-order valence-corrected chi connectivity index (χ4v) is 2.10. The minimum atomic E-state index is -0.963. The summed E-state index contributed by atoms with van der Waals surface area (Å²) in [6.07, 6.45) is 1.02. The first-order chi connectivity index (χ1) is 11.5.